The lowest BCUT2D eigenvalue weighted by Crippen LogP contribution is -2.37. The molecule has 0 aliphatic carbocycles. The minimum atomic E-state index is -4.47. The molecule has 1 N–H and O–H groups in total. The summed E-state index contributed by atoms with van der Waals surface area (Å²) in [5.41, 5.74) is 1.48. The number of hydrogen-bond acceptors (Lipinski definition) is 3. The van der Waals surface area contributed by atoms with Gasteiger partial charge in [0.2, 0.25) is 15.9 Å². The fourth-order valence-corrected chi connectivity index (χ4v) is 3.20. The van der Waals surface area contributed by atoms with Gasteiger partial charge in [-0.05, 0) is 61.4 Å². The van der Waals surface area contributed by atoms with Gasteiger partial charge >= 0.3 is 6.18 Å². The molecule has 1 amide bonds. The number of nitrogens with zero attached hydrogens (tertiary/aromatic N) is 1. The second-order valence-corrected chi connectivity index (χ2v) is 8.07. The van der Waals surface area contributed by atoms with Crippen molar-refractivity contribution in [2.45, 2.75) is 20.0 Å². The maximum absolute atomic E-state index is 12.6. The Labute approximate surface area is 155 Å². The van der Waals surface area contributed by atoms with Crippen LogP contribution in [-0.4, -0.2) is 27.1 Å². The summed E-state index contributed by atoms with van der Waals surface area (Å²) in [5.74, 6) is -0.668. The molecule has 0 atom stereocenters. The second kappa shape index (κ2) is 7.59. The summed E-state index contributed by atoms with van der Waals surface area (Å²) in [7, 11) is -3.74. The molecule has 146 valence electrons. The first-order valence-electron chi connectivity index (χ1n) is 7.90. The van der Waals surface area contributed by atoms with E-state index >= 15 is 0 Å². The highest BCUT2D eigenvalue weighted by Gasteiger charge is 2.30. The summed E-state index contributed by atoms with van der Waals surface area (Å²) >= 11 is 0. The number of aryl methyl sites for hydroxylation is 2. The van der Waals surface area contributed by atoms with Crippen LogP contribution in [0.5, 0.6) is 0 Å². The van der Waals surface area contributed by atoms with Crippen molar-refractivity contribution >= 4 is 27.3 Å². The van der Waals surface area contributed by atoms with Crippen LogP contribution in [-0.2, 0) is 21.0 Å². The van der Waals surface area contributed by atoms with E-state index in [0.29, 0.717) is 5.69 Å². The molecule has 0 aliphatic rings. The van der Waals surface area contributed by atoms with Crippen LogP contribution >= 0.6 is 0 Å². The minimum Gasteiger partial charge on any atom is -0.325 e. The summed E-state index contributed by atoms with van der Waals surface area (Å²) in [5, 5.41) is 2.41. The highest BCUT2D eigenvalue weighted by molar-refractivity contribution is 7.92. The van der Waals surface area contributed by atoms with E-state index in [-0.39, 0.29) is 5.69 Å². The molecule has 0 saturated carbocycles. The zero-order valence-electron chi connectivity index (χ0n) is 15.0. The molecule has 0 unspecified atom stereocenters. The Morgan fingerprint density at radius 3 is 2.11 bits per heavy atom. The van der Waals surface area contributed by atoms with Crippen molar-refractivity contribution < 1.29 is 26.4 Å². The molecule has 0 radical (unpaired) electrons. The normalized spacial score (nSPS) is 11.9. The summed E-state index contributed by atoms with van der Waals surface area (Å²) in [6.07, 6.45) is -3.49. The maximum Gasteiger partial charge on any atom is 0.416 e. The van der Waals surface area contributed by atoms with Crippen LogP contribution in [0, 0.1) is 13.8 Å². The Hall–Kier alpha value is -2.55. The van der Waals surface area contributed by atoms with Gasteiger partial charge in [-0.3, -0.25) is 9.10 Å². The van der Waals surface area contributed by atoms with Crippen molar-refractivity contribution in [3.8, 4) is 0 Å². The quantitative estimate of drug-likeness (QED) is 0.832. The minimum absolute atomic E-state index is 0.140. The van der Waals surface area contributed by atoms with Gasteiger partial charge in [0.15, 0.2) is 0 Å². The highest BCUT2D eigenvalue weighted by Crippen LogP contribution is 2.29. The summed E-state index contributed by atoms with van der Waals surface area (Å²) in [6, 6.07) is 8.90. The predicted molar refractivity (Wildman–Crippen MR) is 98.2 cm³/mol. The molecule has 0 spiro atoms. The molecule has 2 aromatic rings. The first-order chi connectivity index (χ1) is 12.4. The van der Waals surface area contributed by atoms with Crippen molar-refractivity contribution in [2.75, 3.05) is 22.4 Å². The predicted octanol–water partition coefficient (Wildman–Crippen LogP) is 3.73. The average molecular weight is 400 g/mol. The molecule has 0 aromatic heterocycles. The lowest BCUT2D eigenvalue weighted by molar-refractivity contribution is -0.137. The molecule has 27 heavy (non-hydrogen) atoms. The Kier molecular flexibility index (Phi) is 5.84. The van der Waals surface area contributed by atoms with E-state index < -0.39 is 34.2 Å². The van der Waals surface area contributed by atoms with Gasteiger partial charge in [-0.1, -0.05) is 6.07 Å². The highest BCUT2D eigenvalue weighted by atomic mass is 32.2. The van der Waals surface area contributed by atoms with Crippen LogP contribution in [0.3, 0.4) is 0 Å². The number of anilines is 2. The van der Waals surface area contributed by atoms with Crippen LogP contribution < -0.4 is 9.62 Å². The molecule has 2 rings (SSSR count). The third-order valence-corrected chi connectivity index (χ3v) is 5.10. The largest absolute Gasteiger partial charge is 0.416 e. The van der Waals surface area contributed by atoms with Crippen molar-refractivity contribution in [1.29, 1.82) is 0 Å². The zero-order valence-corrected chi connectivity index (χ0v) is 15.8. The number of alkyl halides is 3. The molecular weight excluding hydrogens is 381 g/mol. The van der Waals surface area contributed by atoms with Crippen molar-refractivity contribution in [1.82, 2.24) is 0 Å². The van der Waals surface area contributed by atoms with Gasteiger partial charge in [-0.2, -0.15) is 13.2 Å². The zero-order chi connectivity index (χ0) is 20.4. The van der Waals surface area contributed by atoms with Gasteiger partial charge in [-0.25, -0.2) is 8.42 Å². The third kappa shape index (κ3) is 5.46. The molecule has 0 aliphatic heterocycles. The lowest BCUT2D eigenvalue weighted by atomic mass is 10.1. The summed E-state index contributed by atoms with van der Waals surface area (Å²) in [6.45, 7) is 3.20. The van der Waals surface area contributed by atoms with E-state index in [1.54, 1.807) is 18.2 Å². The van der Waals surface area contributed by atoms with Crippen molar-refractivity contribution in [3.63, 3.8) is 0 Å². The van der Waals surface area contributed by atoms with Crippen LogP contribution in [0.25, 0.3) is 0 Å². The molecule has 9 heteroatoms. The van der Waals surface area contributed by atoms with E-state index in [4.69, 9.17) is 0 Å². The Morgan fingerprint density at radius 1 is 1.04 bits per heavy atom. The van der Waals surface area contributed by atoms with E-state index in [9.17, 15) is 26.4 Å². The van der Waals surface area contributed by atoms with Gasteiger partial charge in [0.1, 0.15) is 6.54 Å². The van der Waals surface area contributed by atoms with Gasteiger partial charge in [0, 0.05) is 5.69 Å². The number of amides is 1. The second-order valence-electron chi connectivity index (χ2n) is 6.16. The van der Waals surface area contributed by atoms with E-state index in [0.717, 1.165) is 46.0 Å². The first-order valence-corrected chi connectivity index (χ1v) is 9.75. The van der Waals surface area contributed by atoms with Crippen LogP contribution in [0.2, 0.25) is 0 Å². The number of nitrogens with one attached hydrogen (secondary N) is 1. The number of rotatable bonds is 5. The van der Waals surface area contributed by atoms with Crippen LogP contribution in [0.1, 0.15) is 16.7 Å². The number of benzene rings is 2. The first kappa shape index (κ1) is 20.8. The molecule has 0 fully saturated rings. The lowest BCUT2D eigenvalue weighted by Gasteiger charge is -2.22. The molecule has 2 aromatic carbocycles. The number of halogens is 3. The Bertz CT molecular complexity index is 939. The van der Waals surface area contributed by atoms with Gasteiger partial charge < -0.3 is 5.32 Å². The van der Waals surface area contributed by atoms with Gasteiger partial charge in [0.05, 0.1) is 17.5 Å². The van der Waals surface area contributed by atoms with Crippen molar-refractivity contribution in [3.05, 3.63) is 59.2 Å². The number of sulfonamides is 1. The molecule has 0 heterocycles. The van der Waals surface area contributed by atoms with E-state index in [2.05, 4.69) is 5.32 Å². The summed E-state index contributed by atoms with van der Waals surface area (Å²) in [4.78, 5) is 12.2. The average Bonchev–Trinajstić information content (AvgIpc) is 2.54. The van der Waals surface area contributed by atoms with Crippen LogP contribution in [0.15, 0.2) is 42.5 Å². The number of hydrogen-bond donors (Lipinski definition) is 1. The fraction of sp³-hybridized carbons (Fsp3) is 0.278. The molecule has 0 bridgehead atoms. The SMILES string of the molecule is Cc1ccc(N(CC(=O)Nc2ccc(C(F)(F)F)cc2)S(C)(=O)=O)cc1C. The standard InChI is InChI=1S/C18H19F3N2O3S/c1-12-4-9-16(10-13(12)2)23(27(3,25)26)11-17(24)22-15-7-5-14(6-8-15)18(19,20)21/h4-10H,11H2,1-3H3,(H,22,24). The van der Waals surface area contributed by atoms with Crippen LogP contribution in [0.4, 0.5) is 24.5 Å². The van der Waals surface area contributed by atoms with Gasteiger partial charge in [0.25, 0.3) is 0 Å². The molecule has 0 saturated heterocycles. The molecular formula is C18H19F3N2O3S. The van der Waals surface area contributed by atoms with E-state index in [1.807, 2.05) is 13.8 Å². The molecule has 5 nitrogen and oxygen atoms in total. The summed E-state index contributed by atoms with van der Waals surface area (Å²) < 4.78 is 62.8. The monoisotopic (exact) mass is 400 g/mol. The smallest absolute Gasteiger partial charge is 0.325 e. The Balaban J connectivity index is 2.18. The Morgan fingerprint density at radius 2 is 1.63 bits per heavy atom. The van der Waals surface area contributed by atoms with Crippen molar-refractivity contribution in [2.24, 2.45) is 0 Å². The number of carbonyl (C=O) groups is 1. The maximum atomic E-state index is 12.6. The van der Waals surface area contributed by atoms with E-state index in [1.165, 1.54) is 0 Å². The number of carbonyl (C=O) groups excluding carboxylic acids is 1. The fourth-order valence-electron chi connectivity index (χ4n) is 2.35. The van der Waals surface area contributed by atoms with Gasteiger partial charge in [-0.15, -0.1) is 0 Å². The topological polar surface area (TPSA) is 66.5 Å². The third-order valence-electron chi connectivity index (χ3n) is 3.96.